The van der Waals surface area contributed by atoms with Crippen LogP contribution >= 0.6 is 27.3 Å². The van der Waals surface area contributed by atoms with E-state index in [1.54, 1.807) is 5.56 Å². The van der Waals surface area contributed by atoms with Gasteiger partial charge >= 0.3 is 0 Å². The largest absolute Gasteiger partial charge is 0.135 e. The monoisotopic (exact) mass is 316 g/mol. The molecule has 0 spiro atoms. The summed E-state index contributed by atoms with van der Waals surface area (Å²) in [5, 5.41) is 2.80. The number of hydrogen-bond donors (Lipinski definition) is 0. The lowest BCUT2D eigenvalue weighted by molar-refractivity contribution is 0.420. The molecular formula is C16H13BrS. The molecule has 0 nitrogen and oxygen atoms in total. The van der Waals surface area contributed by atoms with Gasteiger partial charge in [0.2, 0.25) is 0 Å². The van der Waals surface area contributed by atoms with E-state index in [2.05, 4.69) is 52.3 Å². The van der Waals surface area contributed by atoms with Crippen LogP contribution in [-0.2, 0) is 0 Å². The number of benzene rings is 2. The molecule has 1 aromatic heterocycles. The molecule has 0 aliphatic heterocycles. The van der Waals surface area contributed by atoms with Gasteiger partial charge in [0.15, 0.2) is 0 Å². The van der Waals surface area contributed by atoms with Crippen LogP contribution in [0.4, 0.5) is 0 Å². The van der Waals surface area contributed by atoms with E-state index in [1.165, 1.54) is 43.9 Å². The van der Waals surface area contributed by atoms with Gasteiger partial charge in [-0.3, -0.25) is 0 Å². The van der Waals surface area contributed by atoms with Crippen LogP contribution in [0.25, 0.3) is 20.2 Å². The molecule has 3 aromatic rings. The van der Waals surface area contributed by atoms with Crippen LogP contribution in [0.3, 0.4) is 0 Å². The number of fused-ring (bicyclic) bond motifs is 3. The minimum absolute atomic E-state index is 0.825. The molecule has 0 bridgehead atoms. The van der Waals surface area contributed by atoms with Crippen molar-refractivity contribution in [1.29, 1.82) is 0 Å². The van der Waals surface area contributed by atoms with Crippen molar-refractivity contribution >= 4 is 47.4 Å². The summed E-state index contributed by atoms with van der Waals surface area (Å²) in [5.41, 5.74) is 1.54. The molecule has 90 valence electrons. The van der Waals surface area contributed by atoms with Crippen molar-refractivity contribution in [2.75, 3.05) is 0 Å². The first-order chi connectivity index (χ1) is 8.81. The third kappa shape index (κ3) is 1.63. The Morgan fingerprint density at radius 2 is 1.67 bits per heavy atom. The highest BCUT2D eigenvalue weighted by Crippen LogP contribution is 2.41. The molecule has 1 saturated carbocycles. The van der Waals surface area contributed by atoms with E-state index in [4.69, 9.17) is 0 Å². The molecule has 1 aliphatic rings. The lowest BCUT2D eigenvalue weighted by Gasteiger charge is -2.25. The fourth-order valence-corrected chi connectivity index (χ4v) is 4.47. The van der Waals surface area contributed by atoms with Crippen LogP contribution in [0.15, 0.2) is 40.9 Å². The smallest absolute Gasteiger partial charge is 0.0366 e. The van der Waals surface area contributed by atoms with Gasteiger partial charge in [-0.15, -0.1) is 11.3 Å². The minimum atomic E-state index is 0.825. The minimum Gasteiger partial charge on any atom is -0.135 e. The summed E-state index contributed by atoms with van der Waals surface area (Å²) in [6.45, 7) is 0. The van der Waals surface area contributed by atoms with Crippen molar-refractivity contribution in [2.45, 2.75) is 25.2 Å². The standard InChI is InChI=1S/C16H13BrS/c17-12-5-7-14-13-6-4-11(10-2-1-3-10)8-15(13)18-16(14)9-12/h4-10H,1-3H2. The summed E-state index contributed by atoms with van der Waals surface area (Å²) in [6.07, 6.45) is 4.16. The summed E-state index contributed by atoms with van der Waals surface area (Å²) in [6, 6.07) is 13.6. The summed E-state index contributed by atoms with van der Waals surface area (Å²) in [4.78, 5) is 0. The second-order valence-electron chi connectivity index (χ2n) is 5.13. The van der Waals surface area contributed by atoms with Gasteiger partial charge in [-0.1, -0.05) is 40.5 Å². The SMILES string of the molecule is Brc1ccc2c(c1)sc1cc(C3CCC3)ccc12. The topological polar surface area (TPSA) is 0 Å². The molecule has 18 heavy (non-hydrogen) atoms. The van der Waals surface area contributed by atoms with Crippen LogP contribution in [0.2, 0.25) is 0 Å². The molecule has 0 N–H and O–H groups in total. The van der Waals surface area contributed by atoms with E-state index in [9.17, 15) is 0 Å². The van der Waals surface area contributed by atoms with Crippen LogP contribution in [0.5, 0.6) is 0 Å². The van der Waals surface area contributed by atoms with Crippen molar-refractivity contribution in [3.8, 4) is 0 Å². The summed E-state index contributed by atoms with van der Waals surface area (Å²) in [5.74, 6) is 0.825. The molecule has 0 radical (unpaired) electrons. The van der Waals surface area contributed by atoms with Crippen molar-refractivity contribution in [2.24, 2.45) is 0 Å². The molecule has 2 heteroatoms. The fraction of sp³-hybridized carbons (Fsp3) is 0.250. The number of thiophene rings is 1. The average molecular weight is 317 g/mol. The molecule has 1 heterocycles. The maximum atomic E-state index is 3.55. The molecule has 0 atom stereocenters. The Kier molecular flexibility index (Phi) is 2.49. The average Bonchev–Trinajstić information content (AvgIpc) is 2.62. The highest BCUT2D eigenvalue weighted by molar-refractivity contribution is 9.10. The molecule has 0 saturated heterocycles. The van der Waals surface area contributed by atoms with Crippen LogP contribution in [0, 0.1) is 0 Å². The van der Waals surface area contributed by atoms with Crippen molar-refractivity contribution in [3.63, 3.8) is 0 Å². The maximum Gasteiger partial charge on any atom is 0.0366 e. The van der Waals surface area contributed by atoms with Gasteiger partial charge in [0.1, 0.15) is 0 Å². The Hall–Kier alpha value is -0.860. The van der Waals surface area contributed by atoms with Crippen LogP contribution in [0.1, 0.15) is 30.7 Å². The molecule has 1 aliphatic carbocycles. The third-order valence-corrected chi connectivity index (χ3v) is 5.64. The van der Waals surface area contributed by atoms with Gasteiger partial charge in [-0.05, 0) is 42.5 Å². The maximum absolute atomic E-state index is 3.55. The quantitative estimate of drug-likeness (QED) is 0.510. The summed E-state index contributed by atoms with van der Waals surface area (Å²) >= 11 is 5.47. The first-order valence-electron chi connectivity index (χ1n) is 6.43. The van der Waals surface area contributed by atoms with E-state index >= 15 is 0 Å². The molecular weight excluding hydrogens is 304 g/mol. The van der Waals surface area contributed by atoms with Gasteiger partial charge in [0.25, 0.3) is 0 Å². The van der Waals surface area contributed by atoms with Gasteiger partial charge in [-0.2, -0.15) is 0 Å². The lowest BCUT2D eigenvalue weighted by atomic mass is 9.80. The first kappa shape index (κ1) is 11.0. The van der Waals surface area contributed by atoms with E-state index in [1.807, 2.05) is 11.3 Å². The Morgan fingerprint density at radius 3 is 2.39 bits per heavy atom. The zero-order chi connectivity index (χ0) is 12.1. The Labute approximate surface area is 119 Å². The Morgan fingerprint density at radius 1 is 0.944 bits per heavy atom. The molecule has 4 rings (SSSR count). The highest BCUT2D eigenvalue weighted by Gasteiger charge is 2.20. The predicted octanol–water partition coefficient (Wildman–Crippen LogP) is 6.08. The van der Waals surface area contributed by atoms with Crippen molar-refractivity contribution < 1.29 is 0 Å². The summed E-state index contributed by atoms with van der Waals surface area (Å²) < 4.78 is 3.98. The van der Waals surface area contributed by atoms with Gasteiger partial charge in [0, 0.05) is 24.6 Å². The zero-order valence-corrected chi connectivity index (χ0v) is 12.4. The number of hydrogen-bond acceptors (Lipinski definition) is 1. The van der Waals surface area contributed by atoms with Gasteiger partial charge in [0.05, 0.1) is 0 Å². The van der Waals surface area contributed by atoms with E-state index in [0.29, 0.717) is 0 Å². The molecule has 0 unspecified atom stereocenters. The lowest BCUT2D eigenvalue weighted by Crippen LogP contribution is -2.08. The molecule has 1 fully saturated rings. The predicted molar refractivity (Wildman–Crippen MR) is 83.6 cm³/mol. The van der Waals surface area contributed by atoms with Crippen molar-refractivity contribution in [3.05, 3.63) is 46.4 Å². The van der Waals surface area contributed by atoms with Crippen molar-refractivity contribution in [1.82, 2.24) is 0 Å². The van der Waals surface area contributed by atoms with E-state index in [0.717, 1.165) is 5.92 Å². The number of rotatable bonds is 1. The first-order valence-corrected chi connectivity index (χ1v) is 8.04. The molecule has 2 aromatic carbocycles. The van der Waals surface area contributed by atoms with Gasteiger partial charge in [-0.25, -0.2) is 0 Å². The van der Waals surface area contributed by atoms with Crippen LogP contribution < -0.4 is 0 Å². The summed E-state index contributed by atoms with van der Waals surface area (Å²) in [7, 11) is 0. The zero-order valence-electron chi connectivity index (χ0n) is 9.95. The van der Waals surface area contributed by atoms with Crippen LogP contribution in [-0.4, -0.2) is 0 Å². The van der Waals surface area contributed by atoms with E-state index in [-0.39, 0.29) is 0 Å². The normalized spacial score (nSPS) is 16.3. The second kappa shape index (κ2) is 4.07. The fourth-order valence-electron chi connectivity index (χ4n) is 2.76. The Balaban J connectivity index is 1.96. The van der Waals surface area contributed by atoms with E-state index < -0.39 is 0 Å². The highest BCUT2D eigenvalue weighted by atomic mass is 79.9. The third-order valence-electron chi connectivity index (χ3n) is 4.04. The second-order valence-corrected chi connectivity index (χ2v) is 7.13. The van der Waals surface area contributed by atoms with Gasteiger partial charge < -0.3 is 0 Å². The number of halogens is 1. The Bertz CT molecular complexity index is 737. The molecule has 0 amide bonds.